The van der Waals surface area contributed by atoms with Crippen molar-refractivity contribution in [1.82, 2.24) is 14.4 Å². The number of fused-ring (bicyclic) bond motifs is 1. The van der Waals surface area contributed by atoms with Crippen molar-refractivity contribution in [1.29, 1.82) is 0 Å². The molecule has 2 heterocycles. The first kappa shape index (κ1) is 13.6. The highest BCUT2D eigenvalue weighted by Gasteiger charge is 2.15. The molecule has 3 rings (SSSR count). The van der Waals surface area contributed by atoms with Crippen molar-refractivity contribution in [2.45, 2.75) is 4.90 Å². The van der Waals surface area contributed by atoms with Gasteiger partial charge in [0.15, 0.2) is 9.84 Å². The summed E-state index contributed by atoms with van der Waals surface area (Å²) in [5.74, 6) is 1.03. The molecule has 2 aromatic heterocycles. The Morgan fingerprint density at radius 1 is 1.29 bits per heavy atom. The highest BCUT2D eigenvalue weighted by Crippen LogP contribution is 2.31. The van der Waals surface area contributed by atoms with Crippen molar-refractivity contribution in [3.63, 3.8) is 0 Å². The van der Waals surface area contributed by atoms with Crippen molar-refractivity contribution in [3.8, 4) is 17.0 Å². The normalized spacial score (nSPS) is 11.7. The van der Waals surface area contributed by atoms with E-state index < -0.39 is 9.84 Å². The molecular weight excluding hydrogens is 290 g/mol. The molecule has 6 nitrogen and oxygen atoms in total. The van der Waals surface area contributed by atoms with Gasteiger partial charge in [0, 0.05) is 30.4 Å². The zero-order valence-electron chi connectivity index (χ0n) is 11.5. The number of sulfone groups is 1. The standard InChI is InChI=1S/C14H13N3O3S/c1-20-13-8-10(21(2,18)19)4-5-11(13)12-9-17-7-3-6-15-14(17)16-12/h3-9H,1-2H3. The smallest absolute Gasteiger partial charge is 0.234 e. The molecule has 0 aliphatic carbocycles. The largest absolute Gasteiger partial charge is 0.496 e. The molecule has 0 aliphatic heterocycles. The Kier molecular flexibility index (Phi) is 3.13. The number of rotatable bonds is 3. The van der Waals surface area contributed by atoms with Crippen LogP contribution in [0.4, 0.5) is 0 Å². The highest BCUT2D eigenvalue weighted by atomic mass is 32.2. The van der Waals surface area contributed by atoms with Gasteiger partial charge in [0.05, 0.1) is 17.7 Å². The van der Waals surface area contributed by atoms with Crippen LogP contribution >= 0.6 is 0 Å². The zero-order chi connectivity index (χ0) is 15.0. The average Bonchev–Trinajstić information content (AvgIpc) is 2.89. The van der Waals surface area contributed by atoms with Gasteiger partial charge in [0.2, 0.25) is 5.78 Å². The van der Waals surface area contributed by atoms with E-state index in [1.54, 1.807) is 22.7 Å². The van der Waals surface area contributed by atoms with Crippen LogP contribution in [0.25, 0.3) is 17.0 Å². The Balaban J connectivity index is 2.17. The predicted octanol–water partition coefficient (Wildman–Crippen LogP) is 1.81. The van der Waals surface area contributed by atoms with Gasteiger partial charge in [-0.3, -0.25) is 4.40 Å². The summed E-state index contributed by atoms with van der Waals surface area (Å²) in [6.07, 6.45) is 6.49. The number of imidazole rings is 1. The van der Waals surface area contributed by atoms with Crippen molar-refractivity contribution in [3.05, 3.63) is 42.9 Å². The quantitative estimate of drug-likeness (QED) is 0.737. The van der Waals surface area contributed by atoms with E-state index in [9.17, 15) is 8.42 Å². The van der Waals surface area contributed by atoms with Crippen LogP contribution in [0, 0.1) is 0 Å². The number of benzene rings is 1. The molecular formula is C14H13N3O3S. The third-order valence-electron chi connectivity index (χ3n) is 3.11. The minimum Gasteiger partial charge on any atom is -0.496 e. The summed E-state index contributed by atoms with van der Waals surface area (Å²) in [4.78, 5) is 8.77. The molecule has 21 heavy (non-hydrogen) atoms. The molecule has 0 saturated heterocycles. The first-order valence-corrected chi connectivity index (χ1v) is 8.06. The Morgan fingerprint density at radius 2 is 2.10 bits per heavy atom. The molecule has 0 fully saturated rings. The fourth-order valence-corrected chi connectivity index (χ4v) is 2.71. The number of ether oxygens (including phenoxy) is 1. The van der Waals surface area contributed by atoms with Crippen molar-refractivity contribution < 1.29 is 13.2 Å². The van der Waals surface area contributed by atoms with Gasteiger partial charge in [0.25, 0.3) is 0 Å². The topological polar surface area (TPSA) is 73.6 Å². The summed E-state index contributed by atoms with van der Waals surface area (Å²) in [6.45, 7) is 0. The van der Waals surface area contributed by atoms with Gasteiger partial charge in [-0.05, 0) is 24.3 Å². The van der Waals surface area contributed by atoms with E-state index in [2.05, 4.69) is 9.97 Å². The SMILES string of the molecule is COc1cc(S(C)(=O)=O)ccc1-c1cn2cccnc2n1. The maximum Gasteiger partial charge on any atom is 0.234 e. The lowest BCUT2D eigenvalue weighted by molar-refractivity contribution is 0.415. The second-order valence-corrected chi connectivity index (χ2v) is 6.60. The molecule has 0 atom stereocenters. The molecule has 0 aliphatic rings. The molecule has 0 spiro atoms. The van der Waals surface area contributed by atoms with Crippen LogP contribution in [0.2, 0.25) is 0 Å². The summed E-state index contributed by atoms with van der Waals surface area (Å²) in [5.41, 5.74) is 1.39. The molecule has 0 bridgehead atoms. The van der Waals surface area contributed by atoms with E-state index in [4.69, 9.17) is 4.74 Å². The van der Waals surface area contributed by atoms with Crippen LogP contribution in [-0.4, -0.2) is 36.2 Å². The second kappa shape index (κ2) is 4.85. The van der Waals surface area contributed by atoms with Crippen molar-refractivity contribution in [2.24, 2.45) is 0 Å². The van der Waals surface area contributed by atoms with Crippen LogP contribution in [0.1, 0.15) is 0 Å². The molecule has 0 saturated carbocycles. The summed E-state index contributed by atoms with van der Waals surface area (Å²) in [7, 11) is -1.78. The summed E-state index contributed by atoms with van der Waals surface area (Å²) in [5, 5.41) is 0. The zero-order valence-corrected chi connectivity index (χ0v) is 12.3. The second-order valence-electron chi connectivity index (χ2n) is 4.59. The van der Waals surface area contributed by atoms with Crippen LogP contribution in [0.15, 0.2) is 47.8 Å². The number of hydrogen-bond acceptors (Lipinski definition) is 5. The fourth-order valence-electron chi connectivity index (χ4n) is 2.07. The van der Waals surface area contributed by atoms with E-state index in [0.717, 1.165) is 11.8 Å². The predicted molar refractivity (Wildman–Crippen MR) is 78.1 cm³/mol. The lowest BCUT2D eigenvalue weighted by Crippen LogP contribution is -1.98. The molecule has 1 aromatic carbocycles. The molecule has 7 heteroatoms. The minimum absolute atomic E-state index is 0.213. The average molecular weight is 303 g/mol. The van der Waals surface area contributed by atoms with Gasteiger partial charge in [0.1, 0.15) is 5.75 Å². The molecule has 3 aromatic rings. The summed E-state index contributed by atoms with van der Waals surface area (Å²) < 4.78 is 30.3. The van der Waals surface area contributed by atoms with Gasteiger partial charge in [-0.1, -0.05) is 0 Å². The monoisotopic (exact) mass is 303 g/mol. The van der Waals surface area contributed by atoms with E-state index in [1.807, 2.05) is 18.5 Å². The van der Waals surface area contributed by atoms with Gasteiger partial charge >= 0.3 is 0 Å². The third kappa shape index (κ3) is 2.47. The summed E-state index contributed by atoms with van der Waals surface area (Å²) in [6, 6.07) is 6.55. The maximum absolute atomic E-state index is 11.6. The van der Waals surface area contributed by atoms with Crippen LogP contribution in [0.3, 0.4) is 0 Å². The molecule has 108 valence electrons. The Morgan fingerprint density at radius 3 is 2.76 bits per heavy atom. The lowest BCUT2D eigenvalue weighted by atomic mass is 10.1. The molecule has 0 N–H and O–H groups in total. The number of aromatic nitrogens is 3. The van der Waals surface area contributed by atoms with Gasteiger partial charge < -0.3 is 4.74 Å². The third-order valence-corrected chi connectivity index (χ3v) is 4.22. The van der Waals surface area contributed by atoms with Crippen molar-refractivity contribution in [2.75, 3.05) is 13.4 Å². The number of methoxy groups -OCH3 is 1. The van der Waals surface area contributed by atoms with Gasteiger partial charge in [-0.2, -0.15) is 0 Å². The lowest BCUT2D eigenvalue weighted by Gasteiger charge is -2.08. The Bertz CT molecular complexity index is 883. The number of nitrogens with zero attached hydrogens (tertiary/aromatic N) is 3. The van der Waals surface area contributed by atoms with E-state index in [0.29, 0.717) is 17.2 Å². The fraction of sp³-hybridized carbons (Fsp3) is 0.143. The first-order chi connectivity index (χ1) is 9.99. The van der Waals surface area contributed by atoms with Crippen LogP contribution in [0.5, 0.6) is 5.75 Å². The molecule has 0 amide bonds. The van der Waals surface area contributed by atoms with Gasteiger partial charge in [-0.15, -0.1) is 0 Å². The van der Waals surface area contributed by atoms with Crippen LogP contribution < -0.4 is 4.74 Å². The maximum atomic E-state index is 11.6. The van der Waals surface area contributed by atoms with Gasteiger partial charge in [-0.25, -0.2) is 18.4 Å². The number of hydrogen-bond donors (Lipinski definition) is 0. The van der Waals surface area contributed by atoms with Crippen LogP contribution in [-0.2, 0) is 9.84 Å². The van der Waals surface area contributed by atoms with E-state index in [-0.39, 0.29) is 4.90 Å². The van der Waals surface area contributed by atoms with Crippen molar-refractivity contribution >= 4 is 15.6 Å². The Hall–Kier alpha value is -2.41. The minimum atomic E-state index is -3.28. The molecule has 0 radical (unpaired) electrons. The van der Waals surface area contributed by atoms with E-state index in [1.165, 1.54) is 13.2 Å². The van der Waals surface area contributed by atoms with E-state index >= 15 is 0 Å². The summed E-state index contributed by atoms with van der Waals surface area (Å²) >= 11 is 0. The Labute approximate surface area is 122 Å². The highest BCUT2D eigenvalue weighted by molar-refractivity contribution is 7.90. The molecule has 0 unspecified atom stereocenters. The first-order valence-electron chi connectivity index (χ1n) is 6.17.